The average Bonchev–Trinajstić information content (AvgIpc) is 3.25. The van der Waals surface area contributed by atoms with Gasteiger partial charge < -0.3 is 14.8 Å². The Labute approximate surface area is 197 Å². The van der Waals surface area contributed by atoms with Crippen molar-refractivity contribution in [3.63, 3.8) is 0 Å². The number of carbonyl (C=O) groups is 1. The Morgan fingerprint density at radius 2 is 1.67 bits per heavy atom. The van der Waals surface area contributed by atoms with Crippen molar-refractivity contribution in [2.24, 2.45) is 23.2 Å². The molecule has 0 spiro atoms. The number of nitrogens with one attached hydrogen (secondary N) is 1. The van der Waals surface area contributed by atoms with E-state index in [4.69, 9.17) is 4.74 Å². The molecule has 1 aromatic carbocycles. The van der Waals surface area contributed by atoms with Crippen molar-refractivity contribution in [2.45, 2.75) is 103 Å². The van der Waals surface area contributed by atoms with E-state index in [1.165, 1.54) is 22.2 Å². The van der Waals surface area contributed by atoms with Crippen LogP contribution in [0.2, 0.25) is 0 Å². The SMILES string of the molecule is CC1(C)OC(C)(C)C2C(=O)c3ccc4[nH]c5c(c4c3CC21)CC1CC[C@](C)(O)C(C)(C)[C@@]51C. The summed E-state index contributed by atoms with van der Waals surface area (Å²) in [4.78, 5) is 17.7. The summed E-state index contributed by atoms with van der Waals surface area (Å²) in [6.45, 7) is 17.3. The lowest BCUT2D eigenvalue weighted by atomic mass is 9.49. The highest BCUT2D eigenvalue weighted by atomic mass is 16.5. The summed E-state index contributed by atoms with van der Waals surface area (Å²) >= 11 is 0. The molecule has 5 atom stereocenters. The Kier molecular flexibility index (Phi) is 3.93. The van der Waals surface area contributed by atoms with E-state index in [1.807, 2.05) is 13.0 Å². The quantitative estimate of drug-likeness (QED) is 0.540. The highest BCUT2D eigenvalue weighted by molar-refractivity contribution is 6.06. The van der Waals surface area contributed by atoms with Gasteiger partial charge in [-0.1, -0.05) is 20.8 Å². The van der Waals surface area contributed by atoms with Gasteiger partial charge in [0, 0.05) is 38.9 Å². The van der Waals surface area contributed by atoms with Crippen LogP contribution in [0.5, 0.6) is 0 Å². The van der Waals surface area contributed by atoms with Crippen LogP contribution in [0.4, 0.5) is 0 Å². The van der Waals surface area contributed by atoms with Crippen molar-refractivity contribution in [1.29, 1.82) is 0 Å². The first-order valence-corrected chi connectivity index (χ1v) is 12.8. The fourth-order valence-electron chi connectivity index (χ4n) is 8.67. The Morgan fingerprint density at radius 3 is 2.36 bits per heavy atom. The van der Waals surface area contributed by atoms with E-state index in [-0.39, 0.29) is 34.1 Å². The van der Waals surface area contributed by atoms with Gasteiger partial charge in [-0.2, -0.15) is 0 Å². The van der Waals surface area contributed by atoms with Crippen LogP contribution in [-0.2, 0) is 23.0 Å². The van der Waals surface area contributed by atoms with E-state index in [9.17, 15) is 9.90 Å². The van der Waals surface area contributed by atoms with Crippen LogP contribution >= 0.6 is 0 Å². The predicted octanol–water partition coefficient (Wildman–Crippen LogP) is 5.73. The van der Waals surface area contributed by atoms with Crippen LogP contribution in [-0.4, -0.2) is 32.7 Å². The van der Waals surface area contributed by atoms with E-state index >= 15 is 0 Å². The van der Waals surface area contributed by atoms with Crippen LogP contribution in [0.3, 0.4) is 0 Å². The number of hydrogen-bond acceptors (Lipinski definition) is 3. The highest BCUT2D eigenvalue weighted by Crippen LogP contribution is 2.64. The second-order valence-corrected chi connectivity index (χ2v) is 13.5. The first kappa shape index (κ1) is 21.9. The minimum Gasteiger partial charge on any atom is -0.390 e. The number of aromatic amines is 1. The first-order chi connectivity index (χ1) is 15.1. The van der Waals surface area contributed by atoms with Crippen LogP contribution in [0.15, 0.2) is 12.1 Å². The molecule has 4 heteroatoms. The molecule has 0 amide bonds. The summed E-state index contributed by atoms with van der Waals surface area (Å²) in [6, 6.07) is 4.16. The Hall–Kier alpha value is -1.65. The molecule has 0 radical (unpaired) electrons. The molecule has 0 bridgehead atoms. The van der Waals surface area contributed by atoms with Crippen LogP contribution in [0.1, 0.15) is 95.4 Å². The topological polar surface area (TPSA) is 62.3 Å². The summed E-state index contributed by atoms with van der Waals surface area (Å²) in [7, 11) is 0. The maximum atomic E-state index is 13.8. The van der Waals surface area contributed by atoms with Gasteiger partial charge in [-0.05, 0) is 89.5 Å². The summed E-state index contributed by atoms with van der Waals surface area (Å²) in [5.74, 6) is 0.837. The molecule has 3 unspecified atom stereocenters. The molecule has 33 heavy (non-hydrogen) atoms. The van der Waals surface area contributed by atoms with Gasteiger partial charge >= 0.3 is 0 Å². The summed E-state index contributed by atoms with van der Waals surface area (Å²) < 4.78 is 6.46. The summed E-state index contributed by atoms with van der Waals surface area (Å²) in [6.07, 6.45) is 3.77. The second kappa shape index (κ2) is 5.94. The minimum absolute atomic E-state index is 0.0985. The van der Waals surface area contributed by atoms with Crippen LogP contribution < -0.4 is 0 Å². The lowest BCUT2D eigenvalue weighted by Crippen LogP contribution is -2.60. The van der Waals surface area contributed by atoms with Gasteiger partial charge in [0.2, 0.25) is 0 Å². The maximum absolute atomic E-state index is 13.8. The van der Waals surface area contributed by atoms with Crippen LogP contribution in [0, 0.1) is 23.2 Å². The molecular weight excluding hydrogens is 410 g/mol. The standard InChI is InChI=1S/C29H39NO3/c1-25(2)19-14-17-16(23(31)22(19)26(3,4)33-25)9-10-20-21(17)18-13-15-11-12-28(7,32)27(5,6)29(15,8)24(18)30-20/h9-10,15,19,22,30,32H,11-14H2,1-8H3/t15?,19?,22?,28-,29+/m0/s1. The maximum Gasteiger partial charge on any atom is 0.169 e. The van der Waals surface area contributed by atoms with Gasteiger partial charge in [0.25, 0.3) is 0 Å². The molecule has 1 saturated carbocycles. The normalized spacial score (nSPS) is 39.8. The minimum atomic E-state index is -0.712. The number of carbonyl (C=O) groups excluding carboxylic acids is 1. The molecule has 178 valence electrons. The molecule has 1 aliphatic heterocycles. The zero-order valence-electron chi connectivity index (χ0n) is 21.5. The van der Waals surface area contributed by atoms with Crippen molar-refractivity contribution >= 4 is 16.7 Å². The molecule has 1 saturated heterocycles. The fourth-order valence-corrected chi connectivity index (χ4v) is 8.67. The average molecular weight is 450 g/mol. The number of aromatic nitrogens is 1. The highest BCUT2D eigenvalue weighted by Gasteiger charge is 2.63. The van der Waals surface area contributed by atoms with Gasteiger partial charge in [-0.3, -0.25) is 4.79 Å². The molecule has 1 aromatic heterocycles. The largest absolute Gasteiger partial charge is 0.390 e. The van der Waals surface area contributed by atoms with Gasteiger partial charge in [0.05, 0.1) is 22.7 Å². The van der Waals surface area contributed by atoms with E-state index in [0.29, 0.717) is 5.92 Å². The number of H-pyrrole nitrogens is 1. The summed E-state index contributed by atoms with van der Waals surface area (Å²) in [5, 5.41) is 12.7. The van der Waals surface area contributed by atoms with Gasteiger partial charge in [0.15, 0.2) is 5.78 Å². The van der Waals surface area contributed by atoms with Crippen molar-refractivity contribution in [1.82, 2.24) is 4.98 Å². The third kappa shape index (κ3) is 2.37. The van der Waals surface area contributed by atoms with Gasteiger partial charge in [-0.25, -0.2) is 0 Å². The molecule has 2 N–H and O–H groups in total. The van der Waals surface area contributed by atoms with Gasteiger partial charge in [0.1, 0.15) is 0 Å². The number of aliphatic hydroxyl groups is 1. The Balaban J connectivity index is 1.57. The lowest BCUT2D eigenvalue weighted by molar-refractivity contribution is -0.140. The third-order valence-corrected chi connectivity index (χ3v) is 11.1. The number of Topliss-reactive ketones (excluding diaryl/α,β-unsaturated/α-hetero) is 1. The fraction of sp³-hybridized carbons (Fsp3) is 0.690. The molecule has 2 fully saturated rings. The molecular formula is C29H39NO3. The van der Waals surface area contributed by atoms with Crippen molar-refractivity contribution < 1.29 is 14.6 Å². The molecule has 4 nitrogen and oxygen atoms in total. The van der Waals surface area contributed by atoms with Crippen molar-refractivity contribution in [3.05, 3.63) is 34.5 Å². The second-order valence-electron chi connectivity index (χ2n) is 13.5. The molecule has 2 aromatic rings. The van der Waals surface area contributed by atoms with E-state index in [2.05, 4.69) is 59.5 Å². The predicted molar refractivity (Wildman–Crippen MR) is 131 cm³/mol. The zero-order chi connectivity index (χ0) is 23.9. The van der Waals surface area contributed by atoms with E-state index in [1.54, 1.807) is 0 Å². The first-order valence-electron chi connectivity index (χ1n) is 12.8. The van der Waals surface area contributed by atoms with E-state index in [0.717, 1.165) is 36.8 Å². The zero-order valence-corrected chi connectivity index (χ0v) is 21.5. The molecule has 6 rings (SSSR count). The Bertz CT molecular complexity index is 1210. The summed E-state index contributed by atoms with van der Waals surface area (Å²) in [5.41, 5.74) is 4.05. The number of hydrogen-bond donors (Lipinski definition) is 2. The van der Waals surface area contributed by atoms with Gasteiger partial charge in [-0.15, -0.1) is 0 Å². The molecule has 3 aliphatic carbocycles. The molecule has 2 heterocycles. The lowest BCUT2D eigenvalue weighted by Gasteiger charge is -2.57. The molecule has 4 aliphatic rings. The number of benzene rings is 1. The number of fused-ring (bicyclic) bond motifs is 8. The number of ketones is 1. The number of ether oxygens (including phenoxy) is 1. The van der Waals surface area contributed by atoms with E-state index < -0.39 is 11.2 Å². The van der Waals surface area contributed by atoms with Crippen molar-refractivity contribution in [2.75, 3.05) is 0 Å². The Morgan fingerprint density at radius 1 is 0.970 bits per heavy atom. The van der Waals surface area contributed by atoms with Crippen LogP contribution in [0.25, 0.3) is 10.9 Å². The third-order valence-electron chi connectivity index (χ3n) is 11.1. The monoisotopic (exact) mass is 449 g/mol. The smallest absolute Gasteiger partial charge is 0.169 e. The number of rotatable bonds is 0. The van der Waals surface area contributed by atoms with Crippen molar-refractivity contribution in [3.8, 4) is 0 Å².